The molecule has 0 unspecified atom stereocenters. The zero-order chi connectivity index (χ0) is 11.7. The van der Waals surface area contributed by atoms with Gasteiger partial charge in [0.2, 0.25) is 0 Å². The Bertz CT molecular complexity index is 435. The predicted octanol–water partition coefficient (Wildman–Crippen LogP) is 2.82. The van der Waals surface area contributed by atoms with Crippen molar-refractivity contribution >= 4 is 11.6 Å². The van der Waals surface area contributed by atoms with Crippen LogP contribution in [0.5, 0.6) is 0 Å². The first-order chi connectivity index (χ1) is 7.58. The lowest BCUT2D eigenvalue weighted by Gasteiger charge is -2.27. The van der Waals surface area contributed by atoms with Crippen LogP contribution >= 0.6 is 11.6 Å². The molecule has 4 heteroatoms. The Morgan fingerprint density at radius 3 is 2.75 bits per heavy atom. The molecule has 1 aromatic rings. The summed E-state index contributed by atoms with van der Waals surface area (Å²) < 4.78 is 1.79. The molecule has 1 saturated carbocycles. The van der Waals surface area contributed by atoms with Gasteiger partial charge in [-0.2, -0.15) is 0 Å². The van der Waals surface area contributed by atoms with Crippen LogP contribution in [0.3, 0.4) is 0 Å². The van der Waals surface area contributed by atoms with Crippen molar-refractivity contribution in [3.63, 3.8) is 0 Å². The third-order valence-electron chi connectivity index (χ3n) is 3.19. The van der Waals surface area contributed by atoms with Crippen molar-refractivity contribution in [2.45, 2.75) is 45.6 Å². The van der Waals surface area contributed by atoms with Gasteiger partial charge >= 0.3 is 0 Å². The fourth-order valence-corrected chi connectivity index (χ4v) is 2.23. The molecule has 3 nitrogen and oxygen atoms in total. The lowest BCUT2D eigenvalue weighted by atomic mass is 9.85. The van der Waals surface area contributed by atoms with Gasteiger partial charge in [-0.1, -0.05) is 31.9 Å². The summed E-state index contributed by atoms with van der Waals surface area (Å²) in [7, 11) is 0. The summed E-state index contributed by atoms with van der Waals surface area (Å²) in [6.07, 6.45) is 3.75. The van der Waals surface area contributed by atoms with Gasteiger partial charge in [-0.25, -0.2) is 4.98 Å². The second-order valence-electron chi connectivity index (χ2n) is 4.84. The van der Waals surface area contributed by atoms with Gasteiger partial charge in [-0.15, -0.1) is 0 Å². The monoisotopic (exact) mass is 240 g/mol. The normalized spacial score (nSPS) is 16.5. The molecule has 0 aliphatic heterocycles. The van der Waals surface area contributed by atoms with E-state index in [4.69, 9.17) is 11.6 Å². The summed E-state index contributed by atoms with van der Waals surface area (Å²) in [5, 5.41) is 0.304. The predicted molar refractivity (Wildman–Crippen MR) is 64.9 cm³/mol. The summed E-state index contributed by atoms with van der Waals surface area (Å²) in [6.45, 7) is 4.88. The minimum absolute atomic E-state index is 0.0180. The van der Waals surface area contributed by atoms with Crippen molar-refractivity contribution < 1.29 is 0 Å². The van der Waals surface area contributed by atoms with Crippen LogP contribution in [0.25, 0.3) is 0 Å². The third kappa shape index (κ3) is 2.29. The van der Waals surface area contributed by atoms with Gasteiger partial charge < -0.3 is 0 Å². The van der Waals surface area contributed by atoms with Gasteiger partial charge in [0.1, 0.15) is 11.0 Å². The number of rotatable bonds is 3. The molecule has 0 radical (unpaired) electrons. The smallest absolute Gasteiger partial charge is 0.254 e. The molecule has 1 aliphatic rings. The first-order valence-corrected chi connectivity index (χ1v) is 6.23. The second kappa shape index (κ2) is 4.58. The van der Waals surface area contributed by atoms with Crippen LogP contribution in [0.2, 0.25) is 5.15 Å². The minimum atomic E-state index is -0.0180. The van der Waals surface area contributed by atoms with E-state index in [0.717, 1.165) is 12.4 Å². The van der Waals surface area contributed by atoms with E-state index in [1.165, 1.54) is 25.3 Å². The Labute approximate surface area is 100 Å². The molecule has 1 aliphatic carbocycles. The lowest BCUT2D eigenvalue weighted by molar-refractivity contribution is 0.268. The van der Waals surface area contributed by atoms with Crippen LogP contribution in [-0.2, 0) is 6.54 Å². The first kappa shape index (κ1) is 11.6. The van der Waals surface area contributed by atoms with Gasteiger partial charge in [0, 0.05) is 18.5 Å². The van der Waals surface area contributed by atoms with E-state index in [1.807, 2.05) is 13.8 Å². The van der Waals surface area contributed by atoms with Gasteiger partial charge in [-0.05, 0) is 18.8 Å². The van der Waals surface area contributed by atoms with Crippen molar-refractivity contribution in [3.8, 4) is 0 Å². The molecule has 88 valence electrons. The second-order valence-corrected chi connectivity index (χ2v) is 5.22. The number of aromatic nitrogens is 2. The molecule has 2 rings (SSSR count). The molecule has 0 spiro atoms. The van der Waals surface area contributed by atoms with E-state index in [1.54, 1.807) is 4.57 Å². The number of nitrogens with zero attached hydrogens (tertiary/aromatic N) is 2. The fraction of sp³-hybridized carbons (Fsp3) is 0.667. The highest BCUT2D eigenvalue weighted by atomic mass is 35.5. The number of halogens is 1. The van der Waals surface area contributed by atoms with E-state index < -0.39 is 0 Å². The molecule has 0 N–H and O–H groups in total. The Hall–Kier alpha value is -0.830. The molecule has 0 amide bonds. The van der Waals surface area contributed by atoms with E-state index in [2.05, 4.69) is 4.98 Å². The molecule has 0 aromatic carbocycles. The SMILES string of the molecule is CC(C)c1nc(Cl)cc(=O)n1CC1CCC1. The maximum Gasteiger partial charge on any atom is 0.254 e. The van der Waals surface area contributed by atoms with E-state index in [0.29, 0.717) is 11.1 Å². The summed E-state index contributed by atoms with van der Waals surface area (Å²) in [5.74, 6) is 1.69. The van der Waals surface area contributed by atoms with Crippen molar-refractivity contribution in [2.75, 3.05) is 0 Å². The zero-order valence-corrected chi connectivity index (χ0v) is 10.5. The Balaban J connectivity index is 2.36. The van der Waals surface area contributed by atoms with Crippen molar-refractivity contribution in [1.29, 1.82) is 0 Å². The summed E-state index contributed by atoms with van der Waals surface area (Å²) in [6, 6.07) is 1.41. The topological polar surface area (TPSA) is 34.9 Å². The number of hydrogen-bond donors (Lipinski definition) is 0. The maximum absolute atomic E-state index is 11.9. The van der Waals surface area contributed by atoms with Crippen LogP contribution < -0.4 is 5.56 Å². The summed E-state index contributed by atoms with van der Waals surface area (Å²) in [5.41, 5.74) is -0.0180. The average Bonchev–Trinajstić information content (AvgIpc) is 2.12. The van der Waals surface area contributed by atoms with E-state index in [9.17, 15) is 4.79 Å². The van der Waals surface area contributed by atoms with Gasteiger partial charge in [0.05, 0.1) is 0 Å². The zero-order valence-electron chi connectivity index (χ0n) is 9.74. The Kier molecular flexibility index (Phi) is 3.33. The molecule has 1 aromatic heterocycles. The number of hydrogen-bond acceptors (Lipinski definition) is 2. The van der Waals surface area contributed by atoms with Gasteiger partial charge in [0.15, 0.2) is 0 Å². The van der Waals surface area contributed by atoms with Crippen LogP contribution in [0.1, 0.15) is 44.9 Å². The lowest BCUT2D eigenvalue weighted by Crippen LogP contribution is -2.30. The summed E-state index contributed by atoms with van der Waals surface area (Å²) >= 11 is 5.83. The van der Waals surface area contributed by atoms with Gasteiger partial charge in [0.25, 0.3) is 5.56 Å². The van der Waals surface area contributed by atoms with Crippen LogP contribution in [-0.4, -0.2) is 9.55 Å². The third-order valence-corrected chi connectivity index (χ3v) is 3.38. The van der Waals surface area contributed by atoms with E-state index in [-0.39, 0.29) is 11.5 Å². The first-order valence-electron chi connectivity index (χ1n) is 5.85. The van der Waals surface area contributed by atoms with Crippen LogP contribution in [0.4, 0.5) is 0 Å². The standard InChI is InChI=1S/C12H17ClN2O/c1-8(2)12-14-10(13)6-11(16)15(12)7-9-4-3-5-9/h6,8-9H,3-5,7H2,1-2H3. The van der Waals surface area contributed by atoms with Crippen LogP contribution in [0, 0.1) is 5.92 Å². The minimum Gasteiger partial charge on any atom is -0.296 e. The van der Waals surface area contributed by atoms with Crippen molar-refractivity contribution in [1.82, 2.24) is 9.55 Å². The molecule has 0 atom stereocenters. The molecular formula is C12H17ClN2O. The molecule has 16 heavy (non-hydrogen) atoms. The maximum atomic E-state index is 11.9. The highest BCUT2D eigenvalue weighted by molar-refractivity contribution is 6.29. The molecule has 0 bridgehead atoms. The molecule has 1 heterocycles. The quantitative estimate of drug-likeness (QED) is 0.762. The molecular weight excluding hydrogens is 224 g/mol. The fourth-order valence-electron chi connectivity index (χ4n) is 2.05. The highest BCUT2D eigenvalue weighted by Gasteiger charge is 2.21. The summed E-state index contributed by atoms with van der Waals surface area (Å²) in [4.78, 5) is 16.2. The van der Waals surface area contributed by atoms with Crippen molar-refractivity contribution in [3.05, 3.63) is 27.4 Å². The Morgan fingerprint density at radius 2 is 2.25 bits per heavy atom. The van der Waals surface area contributed by atoms with Crippen molar-refractivity contribution in [2.24, 2.45) is 5.92 Å². The van der Waals surface area contributed by atoms with Crippen LogP contribution in [0.15, 0.2) is 10.9 Å². The largest absolute Gasteiger partial charge is 0.296 e. The molecule has 1 fully saturated rings. The Morgan fingerprint density at radius 1 is 1.56 bits per heavy atom. The van der Waals surface area contributed by atoms with Gasteiger partial charge in [-0.3, -0.25) is 9.36 Å². The average molecular weight is 241 g/mol. The highest BCUT2D eigenvalue weighted by Crippen LogP contribution is 2.28. The molecule has 0 saturated heterocycles. The van der Waals surface area contributed by atoms with E-state index >= 15 is 0 Å².